The third-order valence-corrected chi connectivity index (χ3v) is 13.5. The zero-order valence-corrected chi connectivity index (χ0v) is 35.1. The van der Waals surface area contributed by atoms with E-state index in [0.29, 0.717) is 32.6 Å². The molecule has 0 bridgehead atoms. The van der Waals surface area contributed by atoms with E-state index in [1.54, 1.807) is 17.8 Å². The number of oxime groups is 1. The van der Waals surface area contributed by atoms with Crippen LogP contribution in [0.2, 0.25) is 0 Å². The van der Waals surface area contributed by atoms with Gasteiger partial charge < -0.3 is 38.9 Å². The molecule has 3 aliphatic carbocycles. The minimum atomic E-state index is -1.24. The van der Waals surface area contributed by atoms with Gasteiger partial charge in [0.15, 0.2) is 0 Å². The van der Waals surface area contributed by atoms with Gasteiger partial charge in [-0.3, -0.25) is 4.79 Å². The highest BCUT2D eigenvalue weighted by atomic mass is 32.2. The fourth-order valence-corrected chi connectivity index (χ4v) is 10.5. The number of carbonyl (C=O) groups excluding carboxylic acids is 1. The lowest BCUT2D eigenvalue weighted by Gasteiger charge is -2.60. The number of aliphatic hydroxyl groups excluding tert-OH is 2. The number of fused-ring (bicyclic) bond motifs is 2. The van der Waals surface area contributed by atoms with Crippen LogP contribution in [0.15, 0.2) is 82.9 Å². The van der Waals surface area contributed by atoms with Crippen LogP contribution in [0.3, 0.4) is 0 Å². The van der Waals surface area contributed by atoms with Crippen molar-refractivity contribution >= 4 is 23.4 Å². The van der Waals surface area contributed by atoms with Crippen molar-refractivity contribution in [3.8, 4) is 11.5 Å². The molecule has 7 atom stereocenters. The van der Waals surface area contributed by atoms with Gasteiger partial charge in [-0.2, -0.15) is 0 Å². The number of hydrogen-bond acceptors (Lipinski definition) is 10. The number of hydrogen-bond donors (Lipinski definition) is 2. The van der Waals surface area contributed by atoms with E-state index in [9.17, 15) is 15.0 Å². The molecule has 2 aliphatic heterocycles. The molecule has 316 valence electrons. The highest BCUT2D eigenvalue weighted by Crippen LogP contribution is 2.62. The Morgan fingerprint density at radius 3 is 2.59 bits per heavy atom. The fraction of sp³-hybridized carbons (Fsp3) is 0.617. The summed E-state index contributed by atoms with van der Waals surface area (Å²) in [5.41, 5.74) is 2.92. The quantitative estimate of drug-likeness (QED) is 0.0521. The molecule has 3 fully saturated rings. The Kier molecular flexibility index (Phi) is 15.3. The summed E-state index contributed by atoms with van der Waals surface area (Å²) in [5.74, 6) is 1.13. The molecule has 1 amide bonds. The third-order valence-electron chi connectivity index (χ3n) is 12.5. The molecule has 0 radical (unpaired) electrons. The predicted octanol–water partition coefficient (Wildman–Crippen LogP) is 8.67. The average molecular weight is 817 g/mol. The molecular weight excluding hydrogens is 753 g/mol. The summed E-state index contributed by atoms with van der Waals surface area (Å²) in [4.78, 5) is 23.9. The molecule has 1 unspecified atom stereocenters. The number of amides is 1. The van der Waals surface area contributed by atoms with Crippen LogP contribution in [0.5, 0.6) is 11.5 Å². The number of nitrogens with zero attached hydrogens (tertiary/aromatic N) is 2. The molecule has 1 saturated heterocycles. The molecular formula is C47H64N2O8S. The minimum Gasteiger partial charge on any atom is -0.493 e. The van der Waals surface area contributed by atoms with Gasteiger partial charge in [0.2, 0.25) is 18.0 Å². The van der Waals surface area contributed by atoms with Crippen molar-refractivity contribution in [2.24, 2.45) is 28.8 Å². The fourth-order valence-electron chi connectivity index (χ4n) is 9.72. The van der Waals surface area contributed by atoms with E-state index < -0.39 is 18.1 Å². The van der Waals surface area contributed by atoms with E-state index in [4.69, 9.17) is 28.9 Å². The highest BCUT2D eigenvalue weighted by molar-refractivity contribution is 7.99. The smallest absolute Gasteiger partial charge is 0.239 e. The van der Waals surface area contributed by atoms with Crippen LogP contribution in [-0.4, -0.2) is 90.2 Å². The summed E-state index contributed by atoms with van der Waals surface area (Å²) >= 11 is 1.77. The zero-order valence-electron chi connectivity index (χ0n) is 34.3. The van der Waals surface area contributed by atoms with Gasteiger partial charge >= 0.3 is 0 Å². The average Bonchev–Trinajstić information content (AvgIpc) is 4.11. The van der Waals surface area contributed by atoms with Crippen LogP contribution in [0, 0.1) is 23.7 Å². The summed E-state index contributed by atoms with van der Waals surface area (Å²) < 4.78 is 27.0. The van der Waals surface area contributed by atoms with Crippen LogP contribution in [0.25, 0.3) is 0 Å². The van der Waals surface area contributed by atoms with Crippen LogP contribution in [0.4, 0.5) is 0 Å². The second kappa shape index (κ2) is 20.8. The first kappa shape index (κ1) is 42.8. The molecule has 58 heavy (non-hydrogen) atoms. The maximum absolute atomic E-state index is 14.4. The molecule has 11 heteroatoms. The Hall–Kier alpha value is -3.35. The van der Waals surface area contributed by atoms with Crippen LogP contribution >= 0.6 is 11.8 Å². The van der Waals surface area contributed by atoms with Gasteiger partial charge in [-0.05, 0) is 106 Å². The molecule has 2 heterocycles. The first-order valence-corrected chi connectivity index (χ1v) is 23.0. The van der Waals surface area contributed by atoms with Crippen molar-refractivity contribution in [3.05, 3.63) is 78.4 Å². The minimum absolute atomic E-state index is 0.00662. The van der Waals surface area contributed by atoms with E-state index in [1.807, 2.05) is 23.1 Å². The largest absolute Gasteiger partial charge is 0.493 e. The maximum Gasteiger partial charge on any atom is 0.239 e. The predicted molar refractivity (Wildman–Crippen MR) is 227 cm³/mol. The Morgan fingerprint density at radius 2 is 1.86 bits per heavy atom. The number of allylic oxidation sites excluding steroid dienone is 1. The Labute approximate surface area is 349 Å². The van der Waals surface area contributed by atoms with Crippen LogP contribution in [0.1, 0.15) is 102 Å². The SMILES string of the molecule is C=CCO[C@@]12Oc3ccc(OCCSc4ccccc4)cc3[C@H]3[C@H](CCCCO)[C@@H](CCCCO)C=C(C(=NOC4CCCCO4)C[C@@H]1N(CCC)C(=O)C1CC1)[C@H]32. The molecule has 5 aliphatic rings. The first-order chi connectivity index (χ1) is 28.5. The molecule has 7 rings (SSSR count). The lowest BCUT2D eigenvalue weighted by atomic mass is 9.55. The summed E-state index contributed by atoms with van der Waals surface area (Å²) in [7, 11) is 0. The van der Waals surface area contributed by atoms with Gasteiger partial charge in [-0.15, -0.1) is 18.3 Å². The van der Waals surface area contributed by atoms with Gasteiger partial charge in [0.05, 0.1) is 31.5 Å². The van der Waals surface area contributed by atoms with E-state index >= 15 is 0 Å². The number of aliphatic hydroxyl groups is 2. The maximum atomic E-state index is 14.4. The number of rotatable bonds is 22. The van der Waals surface area contributed by atoms with Crippen molar-refractivity contribution in [1.82, 2.24) is 4.90 Å². The molecule has 10 nitrogen and oxygen atoms in total. The van der Waals surface area contributed by atoms with Crippen molar-refractivity contribution in [3.63, 3.8) is 0 Å². The van der Waals surface area contributed by atoms with E-state index in [1.165, 1.54) is 4.90 Å². The molecule has 0 spiro atoms. The summed E-state index contributed by atoms with van der Waals surface area (Å²) in [6, 6.07) is 16.1. The van der Waals surface area contributed by atoms with Crippen molar-refractivity contribution in [2.75, 3.05) is 45.3 Å². The Morgan fingerprint density at radius 1 is 1.05 bits per heavy atom. The first-order valence-electron chi connectivity index (χ1n) is 22.0. The van der Waals surface area contributed by atoms with Gasteiger partial charge in [-0.1, -0.05) is 55.3 Å². The lowest BCUT2D eigenvalue weighted by molar-refractivity contribution is -0.258. The van der Waals surface area contributed by atoms with Crippen LogP contribution in [-0.2, 0) is 19.1 Å². The number of thioether (sulfide) groups is 1. The second-order valence-electron chi connectivity index (χ2n) is 16.5. The molecule has 2 aromatic carbocycles. The van der Waals surface area contributed by atoms with Crippen LogP contribution < -0.4 is 9.47 Å². The van der Waals surface area contributed by atoms with Crippen molar-refractivity contribution in [2.45, 2.75) is 119 Å². The molecule has 0 aromatic heterocycles. The van der Waals surface area contributed by atoms with Crippen molar-refractivity contribution in [1.29, 1.82) is 0 Å². The monoisotopic (exact) mass is 816 g/mol. The Bertz CT molecular complexity index is 1710. The summed E-state index contributed by atoms with van der Waals surface area (Å²) in [6.45, 7) is 8.47. The second-order valence-corrected chi connectivity index (χ2v) is 17.7. The van der Waals surface area contributed by atoms with Gasteiger partial charge in [0, 0.05) is 60.6 Å². The lowest BCUT2D eigenvalue weighted by Crippen LogP contribution is -2.70. The van der Waals surface area contributed by atoms with Crippen molar-refractivity contribution < 1.29 is 38.8 Å². The summed E-state index contributed by atoms with van der Waals surface area (Å²) in [6.07, 6.45) is 14.5. The van der Waals surface area contributed by atoms with Gasteiger partial charge in [-0.25, -0.2) is 0 Å². The molecule has 2 N–H and O–H groups in total. The number of carbonyl (C=O) groups is 1. The zero-order chi connectivity index (χ0) is 40.3. The van der Waals surface area contributed by atoms with E-state index in [2.05, 4.69) is 49.9 Å². The molecule has 2 saturated carbocycles. The number of benzene rings is 2. The summed E-state index contributed by atoms with van der Waals surface area (Å²) in [5, 5.41) is 24.8. The topological polar surface area (TPSA) is 119 Å². The van der Waals surface area contributed by atoms with E-state index in [-0.39, 0.29) is 55.3 Å². The van der Waals surface area contributed by atoms with Gasteiger partial charge in [0.25, 0.3) is 0 Å². The van der Waals surface area contributed by atoms with Gasteiger partial charge in [0.1, 0.15) is 17.5 Å². The standard InChI is InChI=1S/C47H64N2O8S/c1-3-23-49(46(52)33-19-20-33)42-32-40(48-57-43-18-10-13-27-54-43)38-30-34(14-8-11-24-50)37(17-9-12-25-51)44-39-31-35(53-28-29-58-36-15-6-5-7-16-36)21-22-41(39)56-47(42,45(38)44)55-26-4-2/h4-7,15-16,21-22,30-31,33-34,37,42-45,50-51H,2-3,8-14,17-20,23-29,32H2,1H3/t34-,37+,42-,43?,44+,45+,47+/m0/s1. The Balaban J connectivity index is 1.35. The highest BCUT2D eigenvalue weighted by Gasteiger charge is 2.65. The third kappa shape index (κ3) is 9.81. The normalized spacial score (nSPS) is 28.1. The molecule has 2 aromatic rings. The number of ether oxygens (including phenoxy) is 4. The van der Waals surface area contributed by atoms with E-state index in [0.717, 1.165) is 105 Å². The number of unbranched alkanes of at least 4 members (excludes halogenated alkanes) is 2.